The van der Waals surface area contributed by atoms with Gasteiger partial charge < -0.3 is 5.73 Å². The lowest BCUT2D eigenvalue weighted by molar-refractivity contribution is -0.150. The van der Waals surface area contributed by atoms with Gasteiger partial charge in [-0.25, -0.2) is 4.39 Å². The topological polar surface area (TPSA) is 38.9 Å². The number of halogens is 6. The largest absolute Gasteiger partial charge is 0.409 e. The summed E-state index contributed by atoms with van der Waals surface area (Å²) in [6, 6.07) is -1.70. The van der Waals surface area contributed by atoms with Crippen LogP contribution in [0.15, 0.2) is 12.3 Å². The molecule has 8 heteroatoms. The molecule has 0 aromatic carbocycles. The van der Waals surface area contributed by atoms with Crippen molar-refractivity contribution in [3.8, 4) is 0 Å². The van der Waals surface area contributed by atoms with E-state index >= 15 is 0 Å². The van der Waals surface area contributed by atoms with Gasteiger partial charge in [0.15, 0.2) is 0 Å². The number of pyridine rings is 1. The fourth-order valence-electron chi connectivity index (χ4n) is 0.809. The molecule has 0 spiro atoms. The summed E-state index contributed by atoms with van der Waals surface area (Å²) in [6.45, 7) is 0. The Balaban J connectivity index is 0.00000196. The number of aromatic nitrogens is 1. The summed E-state index contributed by atoms with van der Waals surface area (Å²) in [6.07, 6.45) is -3.81. The van der Waals surface area contributed by atoms with Crippen LogP contribution >= 0.6 is 24.0 Å². The minimum Gasteiger partial charge on any atom is -0.315 e. The van der Waals surface area contributed by atoms with Gasteiger partial charge in [0.25, 0.3) is 0 Å². The van der Waals surface area contributed by atoms with Gasteiger partial charge >= 0.3 is 6.18 Å². The monoisotopic (exact) mass is 264 g/mol. The molecule has 86 valence electrons. The Morgan fingerprint density at radius 1 is 1.40 bits per heavy atom. The summed E-state index contributed by atoms with van der Waals surface area (Å²) < 4.78 is 49.1. The predicted molar refractivity (Wildman–Crippen MR) is 49.4 cm³/mol. The van der Waals surface area contributed by atoms with Crippen LogP contribution in [0, 0.1) is 5.82 Å². The molecule has 15 heavy (non-hydrogen) atoms. The van der Waals surface area contributed by atoms with Crippen molar-refractivity contribution in [2.45, 2.75) is 12.2 Å². The van der Waals surface area contributed by atoms with E-state index < -0.39 is 23.7 Å². The Bertz CT molecular complexity index is 342. The molecular formula is C7H6Cl2F4N2. The minimum atomic E-state index is -4.72. The highest BCUT2D eigenvalue weighted by Crippen LogP contribution is 2.30. The van der Waals surface area contributed by atoms with E-state index in [-0.39, 0.29) is 17.4 Å². The summed E-state index contributed by atoms with van der Waals surface area (Å²) >= 11 is 5.31. The average Bonchev–Trinajstić information content (AvgIpc) is 2.01. The lowest BCUT2D eigenvalue weighted by atomic mass is 10.2. The van der Waals surface area contributed by atoms with Gasteiger partial charge in [0.05, 0.1) is 5.02 Å². The van der Waals surface area contributed by atoms with Gasteiger partial charge in [-0.3, -0.25) is 4.98 Å². The normalized spacial score (nSPS) is 13.2. The first-order chi connectivity index (χ1) is 6.32. The summed E-state index contributed by atoms with van der Waals surface area (Å²) in [5.41, 5.74) is 3.89. The van der Waals surface area contributed by atoms with Crippen LogP contribution in [0.1, 0.15) is 11.7 Å². The zero-order chi connectivity index (χ0) is 10.9. The molecule has 0 fully saturated rings. The highest BCUT2D eigenvalue weighted by Gasteiger charge is 2.40. The molecule has 1 rings (SSSR count). The maximum atomic E-state index is 12.9. The summed E-state index contributed by atoms with van der Waals surface area (Å²) in [5.74, 6) is -1.16. The van der Waals surface area contributed by atoms with E-state index in [0.29, 0.717) is 0 Å². The fourth-order valence-corrected chi connectivity index (χ4v) is 0.954. The SMILES string of the molecule is Cl.NC(c1ncc(Cl)cc1F)C(F)(F)F. The van der Waals surface area contributed by atoms with Gasteiger partial charge in [-0.05, 0) is 6.07 Å². The summed E-state index contributed by atoms with van der Waals surface area (Å²) in [5, 5.41) is -0.0828. The average molecular weight is 265 g/mol. The third kappa shape index (κ3) is 3.48. The molecule has 0 bridgehead atoms. The molecule has 1 unspecified atom stereocenters. The molecule has 0 saturated carbocycles. The van der Waals surface area contributed by atoms with Gasteiger partial charge in [0.2, 0.25) is 0 Å². The summed E-state index contributed by atoms with van der Waals surface area (Å²) in [7, 11) is 0. The second-order valence-electron chi connectivity index (χ2n) is 2.54. The zero-order valence-corrected chi connectivity index (χ0v) is 8.63. The number of nitrogens with zero attached hydrogens (tertiary/aromatic N) is 1. The Hall–Kier alpha value is -0.590. The molecule has 0 aliphatic heterocycles. The van der Waals surface area contributed by atoms with Gasteiger partial charge in [-0.2, -0.15) is 13.2 Å². The van der Waals surface area contributed by atoms with Crippen molar-refractivity contribution in [3.05, 3.63) is 28.8 Å². The van der Waals surface area contributed by atoms with Crippen LogP contribution in [0.4, 0.5) is 17.6 Å². The molecule has 1 aromatic heterocycles. The first kappa shape index (κ1) is 14.4. The number of hydrogen-bond acceptors (Lipinski definition) is 2. The molecule has 2 nitrogen and oxygen atoms in total. The van der Waals surface area contributed by atoms with Crippen LogP contribution in [-0.4, -0.2) is 11.2 Å². The van der Waals surface area contributed by atoms with Crippen LogP contribution < -0.4 is 5.73 Å². The van der Waals surface area contributed by atoms with Gasteiger partial charge in [-0.1, -0.05) is 11.6 Å². The second-order valence-corrected chi connectivity index (χ2v) is 2.98. The lowest BCUT2D eigenvalue weighted by Gasteiger charge is -2.15. The van der Waals surface area contributed by atoms with Crippen molar-refractivity contribution in [3.63, 3.8) is 0 Å². The van der Waals surface area contributed by atoms with Crippen LogP contribution in [0.25, 0.3) is 0 Å². The zero-order valence-electron chi connectivity index (χ0n) is 7.05. The fraction of sp³-hybridized carbons (Fsp3) is 0.286. The number of nitrogens with two attached hydrogens (primary N) is 1. The van der Waals surface area contributed by atoms with Gasteiger partial charge in [-0.15, -0.1) is 12.4 Å². The van der Waals surface area contributed by atoms with E-state index in [1.54, 1.807) is 0 Å². The van der Waals surface area contributed by atoms with Crippen LogP contribution in [0.2, 0.25) is 5.02 Å². The van der Waals surface area contributed by atoms with Crippen LogP contribution in [0.3, 0.4) is 0 Å². The molecule has 1 heterocycles. The highest BCUT2D eigenvalue weighted by atomic mass is 35.5. The van der Waals surface area contributed by atoms with Crippen molar-refractivity contribution in [2.24, 2.45) is 5.73 Å². The van der Waals surface area contributed by atoms with E-state index in [1.165, 1.54) is 0 Å². The van der Waals surface area contributed by atoms with Crippen molar-refractivity contribution in [1.82, 2.24) is 4.98 Å². The number of rotatable bonds is 1. The molecular weight excluding hydrogens is 259 g/mol. The van der Waals surface area contributed by atoms with Crippen molar-refractivity contribution < 1.29 is 17.6 Å². The van der Waals surface area contributed by atoms with Crippen molar-refractivity contribution >= 4 is 24.0 Å². The van der Waals surface area contributed by atoms with Gasteiger partial charge in [0.1, 0.15) is 17.6 Å². The Kier molecular flexibility index (Phi) is 4.76. The molecule has 0 saturated heterocycles. The Labute approximate surface area is 93.8 Å². The standard InChI is InChI=1S/C7H5ClF4N2.ClH/c8-3-1-4(9)5(14-2-3)6(13)7(10,11)12;/h1-2,6H,13H2;1H. The second kappa shape index (κ2) is 4.96. The van der Waals surface area contributed by atoms with Crippen LogP contribution in [-0.2, 0) is 0 Å². The molecule has 0 amide bonds. The molecule has 0 aliphatic rings. The third-order valence-electron chi connectivity index (χ3n) is 1.48. The molecule has 1 aromatic rings. The van der Waals surface area contributed by atoms with Crippen molar-refractivity contribution in [2.75, 3.05) is 0 Å². The Morgan fingerprint density at radius 2 is 1.93 bits per heavy atom. The minimum absolute atomic E-state index is 0. The smallest absolute Gasteiger partial charge is 0.315 e. The maximum absolute atomic E-state index is 12.9. The maximum Gasteiger partial charge on any atom is 0.409 e. The van der Waals surface area contributed by atoms with E-state index in [1.807, 2.05) is 0 Å². The van der Waals surface area contributed by atoms with Crippen molar-refractivity contribution in [1.29, 1.82) is 0 Å². The molecule has 0 radical (unpaired) electrons. The first-order valence-corrected chi connectivity index (χ1v) is 3.83. The first-order valence-electron chi connectivity index (χ1n) is 3.45. The molecule has 1 atom stereocenters. The van der Waals surface area contributed by atoms with E-state index in [0.717, 1.165) is 12.3 Å². The highest BCUT2D eigenvalue weighted by molar-refractivity contribution is 6.30. The van der Waals surface area contributed by atoms with Gasteiger partial charge in [0, 0.05) is 6.20 Å². The number of alkyl halides is 3. The predicted octanol–water partition coefficient (Wildman–Crippen LogP) is 2.86. The summed E-state index contributed by atoms with van der Waals surface area (Å²) in [4.78, 5) is 3.19. The third-order valence-corrected chi connectivity index (χ3v) is 1.69. The van der Waals surface area contributed by atoms with Crippen LogP contribution in [0.5, 0.6) is 0 Å². The lowest BCUT2D eigenvalue weighted by Crippen LogP contribution is -2.30. The van der Waals surface area contributed by atoms with E-state index in [2.05, 4.69) is 4.98 Å². The molecule has 0 aliphatic carbocycles. The Morgan fingerprint density at radius 3 is 2.33 bits per heavy atom. The quantitative estimate of drug-likeness (QED) is 0.793. The number of hydrogen-bond donors (Lipinski definition) is 1. The van der Waals surface area contributed by atoms with E-state index in [4.69, 9.17) is 17.3 Å². The van der Waals surface area contributed by atoms with E-state index in [9.17, 15) is 17.6 Å². The molecule has 2 N–H and O–H groups in total.